The van der Waals surface area contributed by atoms with Crippen LogP contribution in [0.4, 0.5) is 0 Å². The second-order valence-electron chi connectivity index (χ2n) is 8.13. The number of primary amides is 1. The third kappa shape index (κ3) is 4.33. The van der Waals surface area contributed by atoms with Gasteiger partial charge in [-0.25, -0.2) is 0 Å². The molecule has 8 nitrogen and oxygen atoms in total. The molecule has 0 fully saturated rings. The predicted octanol–water partition coefficient (Wildman–Crippen LogP) is 3.62. The number of hydrogen-bond donors (Lipinski definition) is 1. The Labute approximate surface area is 200 Å². The molecule has 0 unspecified atom stereocenters. The maximum atomic E-state index is 13.1. The number of fused-ring (bicyclic) bond motifs is 3. The number of carbonyl (C=O) groups excluding carboxylic acids is 3. The van der Waals surface area contributed by atoms with Gasteiger partial charge in [-0.3, -0.25) is 14.4 Å². The molecule has 2 N–H and O–H groups in total. The molecular formula is C27H21NO7. The molecule has 1 amide bonds. The summed E-state index contributed by atoms with van der Waals surface area (Å²) in [5, 5.41) is 0. The summed E-state index contributed by atoms with van der Waals surface area (Å²) in [5.74, 6) is 0.334. The lowest BCUT2D eigenvalue weighted by Crippen LogP contribution is -2.22. The van der Waals surface area contributed by atoms with Crippen LogP contribution in [0.3, 0.4) is 0 Å². The number of rotatable bonds is 6. The molecule has 0 aliphatic carbocycles. The van der Waals surface area contributed by atoms with Crippen LogP contribution >= 0.6 is 0 Å². The summed E-state index contributed by atoms with van der Waals surface area (Å²) in [5.41, 5.74) is 7.71. The summed E-state index contributed by atoms with van der Waals surface area (Å²) in [6.45, 7) is -0.265. The van der Waals surface area contributed by atoms with E-state index < -0.39 is 17.8 Å². The van der Waals surface area contributed by atoms with Gasteiger partial charge >= 0.3 is 5.97 Å². The van der Waals surface area contributed by atoms with Gasteiger partial charge < -0.3 is 24.7 Å². The maximum Gasteiger partial charge on any atom is 0.312 e. The van der Waals surface area contributed by atoms with Gasteiger partial charge in [-0.2, -0.15) is 0 Å². The highest BCUT2D eigenvalue weighted by atomic mass is 16.5. The van der Waals surface area contributed by atoms with E-state index in [1.165, 1.54) is 0 Å². The molecule has 0 saturated heterocycles. The van der Waals surface area contributed by atoms with Crippen LogP contribution in [-0.4, -0.2) is 31.4 Å². The van der Waals surface area contributed by atoms with Gasteiger partial charge in [-0.1, -0.05) is 24.3 Å². The molecule has 2 aliphatic rings. The van der Waals surface area contributed by atoms with E-state index in [0.29, 0.717) is 34.1 Å². The second-order valence-corrected chi connectivity index (χ2v) is 8.13. The Bertz CT molecular complexity index is 1370. The third-order valence-electron chi connectivity index (χ3n) is 5.83. The molecule has 3 aromatic rings. The molecule has 0 radical (unpaired) electrons. The number of allylic oxidation sites excluding steroid dienone is 1. The highest BCUT2D eigenvalue weighted by Crippen LogP contribution is 2.49. The van der Waals surface area contributed by atoms with Crippen molar-refractivity contribution in [3.05, 3.63) is 88.7 Å². The second kappa shape index (κ2) is 8.98. The number of amides is 1. The Morgan fingerprint density at radius 2 is 1.86 bits per heavy atom. The number of esters is 1. The Kier molecular flexibility index (Phi) is 5.70. The van der Waals surface area contributed by atoms with Gasteiger partial charge in [0.05, 0.1) is 19.1 Å². The Balaban J connectivity index is 1.53. The summed E-state index contributed by atoms with van der Waals surface area (Å²) in [4.78, 5) is 36.6. The quantitative estimate of drug-likeness (QED) is 0.332. The Morgan fingerprint density at radius 3 is 2.60 bits per heavy atom. The summed E-state index contributed by atoms with van der Waals surface area (Å²) < 4.78 is 22.2. The molecule has 0 saturated carbocycles. The lowest BCUT2D eigenvalue weighted by Gasteiger charge is -2.26. The molecule has 5 rings (SSSR count). The normalized spacial score (nSPS) is 17.3. The van der Waals surface area contributed by atoms with Gasteiger partial charge in [0.15, 0.2) is 12.4 Å². The minimum Gasteiger partial charge on any atom is -0.497 e. The first-order chi connectivity index (χ1) is 16.9. The molecular weight excluding hydrogens is 450 g/mol. The Morgan fingerprint density at radius 1 is 1.06 bits per heavy atom. The summed E-state index contributed by atoms with van der Waals surface area (Å²) in [6.07, 6.45) is 1.72. The zero-order valence-corrected chi connectivity index (χ0v) is 18.8. The zero-order chi connectivity index (χ0) is 24.5. The molecule has 8 heteroatoms. The molecule has 3 aromatic carbocycles. The highest BCUT2D eigenvalue weighted by molar-refractivity contribution is 6.15. The molecule has 0 spiro atoms. The largest absolute Gasteiger partial charge is 0.497 e. The molecule has 2 heterocycles. The molecule has 2 aliphatic heterocycles. The van der Waals surface area contributed by atoms with Crippen LogP contribution in [0, 0.1) is 0 Å². The number of methoxy groups -OCH3 is 1. The van der Waals surface area contributed by atoms with Crippen molar-refractivity contribution >= 4 is 23.7 Å². The van der Waals surface area contributed by atoms with Gasteiger partial charge in [0, 0.05) is 11.5 Å². The minimum atomic E-state index is -0.595. The lowest BCUT2D eigenvalue weighted by molar-refractivity contribution is -0.135. The standard InChI is InChI=1S/C27H21NO7/c1-32-17-7-5-15(6-8-17)11-22-26(31)19-9-10-21-25(27(19)35-22)20(13-24(30)34-21)16-3-2-4-18(12-16)33-14-23(28)29/h2-12,20H,13-14H2,1H3,(H2,28,29)/b22-11-/t20-/m1/s1. The fourth-order valence-corrected chi connectivity index (χ4v) is 4.22. The van der Waals surface area contributed by atoms with Crippen LogP contribution in [0.25, 0.3) is 6.08 Å². The van der Waals surface area contributed by atoms with Gasteiger partial charge in [0.1, 0.15) is 23.0 Å². The fraction of sp³-hybridized carbons (Fsp3) is 0.148. The number of nitrogens with two attached hydrogens (primary N) is 1. The van der Waals surface area contributed by atoms with Crippen molar-refractivity contribution in [2.24, 2.45) is 5.73 Å². The van der Waals surface area contributed by atoms with Gasteiger partial charge in [-0.05, 0) is 53.6 Å². The number of Topliss-reactive ketones (excluding diaryl/α,β-unsaturated/α-hetero) is 1. The van der Waals surface area contributed by atoms with Crippen molar-refractivity contribution in [3.63, 3.8) is 0 Å². The van der Waals surface area contributed by atoms with E-state index in [1.54, 1.807) is 55.7 Å². The average Bonchev–Trinajstić information content (AvgIpc) is 3.17. The van der Waals surface area contributed by atoms with Crippen LogP contribution in [-0.2, 0) is 9.59 Å². The van der Waals surface area contributed by atoms with E-state index in [9.17, 15) is 14.4 Å². The van der Waals surface area contributed by atoms with Gasteiger partial charge in [-0.15, -0.1) is 0 Å². The first-order valence-corrected chi connectivity index (χ1v) is 10.9. The van der Waals surface area contributed by atoms with Crippen LogP contribution in [0.1, 0.15) is 39.4 Å². The summed E-state index contributed by atoms with van der Waals surface area (Å²) in [7, 11) is 1.58. The van der Waals surface area contributed by atoms with E-state index in [4.69, 9.17) is 24.7 Å². The van der Waals surface area contributed by atoms with E-state index in [0.717, 1.165) is 11.1 Å². The first-order valence-electron chi connectivity index (χ1n) is 10.9. The minimum absolute atomic E-state index is 0.0534. The number of ether oxygens (including phenoxy) is 4. The van der Waals surface area contributed by atoms with E-state index in [1.807, 2.05) is 18.2 Å². The van der Waals surface area contributed by atoms with Crippen molar-refractivity contribution < 1.29 is 33.3 Å². The molecule has 35 heavy (non-hydrogen) atoms. The molecule has 0 bridgehead atoms. The SMILES string of the molecule is COc1ccc(/C=C2\Oc3c(ccc4c3[C@@H](c3cccc(OCC(N)=O)c3)CC(=O)O4)C2=O)cc1. The van der Waals surface area contributed by atoms with Crippen molar-refractivity contribution in [1.82, 2.24) is 0 Å². The smallest absolute Gasteiger partial charge is 0.312 e. The number of benzene rings is 3. The number of carbonyl (C=O) groups is 3. The van der Waals surface area contributed by atoms with Crippen LogP contribution in [0.2, 0.25) is 0 Å². The van der Waals surface area contributed by atoms with Crippen LogP contribution < -0.4 is 24.7 Å². The summed E-state index contributed by atoms with van der Waals surface area (Å²) >= 11 is 0. The van der Waals surface area contributed by atoms with Gasteiger partial charge in [0.25, 0.3) is 5.91 Å². The lowest BCUT2D eigenvalue weighted by atomic mass is 9.84. The topological polar surface area (TPSA) is 114 Å². The van der Waals surface area contributed by atoms with E-state index in [2.05, 4.69) is 0 Å². The van der Waals surface area contributed by atoms with Gasteiger partial charge in [0.2, 0.25) is 5.78 Å². The zero-order valence-electron chi connectivity index (χ0n) is 18.8. The van der Waals surface area contributed by atoms with Crippen molar-refractivity contribution in [2.45, 2.75) is 12.3 Å². The number of hydrogen-bond acceptors (Lipinski definition) is 7. The molecule has 1 atom stereocenters. The fourth-order valence-electron chi connectivity index (χ4n) is 4.22. The van der Waals surface area contributed by atoms with Crippen molar-refractivity contribution in [3.8, 4) is 23.0 Å². The third-order valence-corrected chi connectivity index (χ3v) is 5.83. The average molecular weight is 471 g/mol. The van der Waals surface area contributed by atoms with E-state index in [-0.39, 0.29) is 24.6 Å². The van der Waals surface area contributed by atoms with Crippen LogP contribution in [0.15, 0.2) is 66.4 Å². The van der Waals surface area contributed by atoms with Crippen molar-refractivity contribution in [2.75, 3.05) is 13.7 Å². The molecule has 176 valence electrons. The Hall–Kier alpha value is -4.59. The monoisotopic (exact) mass is 471 g/mol. The predicted molar refractivity (Wildman–Crippen MR) is 126 cm³/mol. The van der Waals surface area contributed by atoms with Crippen LogP contribution in [0.5, 0.6) is 23.0 Å². The maximum absolute atomic E-state index is 13.1. The van der Waals surface area contributed by atoms with Crippen molar-refractivity contribution in [1.29, 1.82) is 0 Å². The first kappa shape index (κ1) is 22.2. The summed E-state index contributed by atoms with van der Waals surface area (Å²) in [6, 6.07) is 17.5. The van der Waals surface area contributed by atoms with E-state index >= 15 is 0 Å². The number of ketones is 1. The highest BCUT2D eigenvalue weighted by Gasteiger charge is 2.38. The molecule has 0 aromatic heterocycles.